The Morgan fingerprint density at radius 1 is 1.42 bits per heavy atom. The lowest BCUT2D eigenvalue weighted by Crippen LogP contribution is -2.35. The molecule has 1 aliphatic rings. The van der Waals surface area contributed by atoms with Crippen LogP contribution in [0.5, 0.6) is 0 Å². The van der Waals surface area contributed by atoms with Gasteiger partial charge in [0.25, 0.3) is 0 Å². The molecular weight excluding hydrogens is 244 g/mol. The van der Waals surface area contributed by atoms with Crippen LogP contribution in [0.1, 0.15) is 30.4 Å². The average molecular weight is 262 g/mol. The number of hydrogen-bond donors (Lipinski definition) is 2. The number of carboxylic acids is 1. The minimum atomic E-state index is -0.863. The molecule has 1 aliphatic carbocycles. The predicted octanol–water partition coefficient (Wildman–Crippen LogP) is 1.51. The molecule has 1 aromatic heterocycles. The quantitative estimate of drug-likeness (QED) is 0.862. The standard InChI is InChI=1S/C14H18N2O3/c1-9-7-15-6-5-10(9)8-16-13(17)11-3-2-4-12(11)14(18)19/h5-7,11-12H,2-4,8H2,1H3,(H,16,17)(H,18,19). The molecule has 0 radical (unpaired) electrons. The van der Waals surface area contributed by atoms with Crippen molar-refractivity contribution in [2.75, 3.05) is 0 Å². The van der Waals surface area contributed by atoms with Gasteiger partial charge in [-0.15, -0.1) is 0 Å². The molecule has 0 bridgehead atoms. The Morgan fingerprint density at radius 2 is 2.16 bits per heavy atom. The van der Waals surface area contributed by atoms with Gasteiger partial charge in [-0.3, -0.25) is 14.6 Å². The van der Waals surface area contributed by atoms with E-state index in [1.54, 1.807) is 12.4 Å². The fourth-order valence-corrected chi connectivity index (χ4v) is 2.58. The van der Waals surface area contributed by atoms with E-state index in [1.165, 1.54) is 0 Å². The highest BCUT2D eigenvalue weighted by Crippen LogP contribution is 2.32. The Morgan fingerprint density at radius 3 is 2.84 bits per heavy atom. The molecule has 0 aromatic carbocycles. The SMILES string of the molecule is Cc1cnccc1CNC(=O)C1CCCC1C(=O)O. The molecule has 2 unspecified atom stereocenters. The van der Waals surface area contributed by atoms with E-state index >= 15 is 0 Å². The first-order chi connectivity index (χ1) is 9.09. The molecule has 1 saturated carbocycles. The third-order valence-corrected chi connectivity index (χ3v) is 3.76. The Labute approximate surface area is 112 Å². The molecule has 0 spiro atoms. The summed E-state index contributed by atoms with van der Waals surface area (Å²) in [5.41, 5.74) is 2.03. The van der Waals surface area contributed by atoms with Crippen LogP contribution >= 0.6 is 0 Å². The normalized spacial score (nSPS) is 22.2. The Kier molecular flexibility index (Phi) is 4.14. The van der Waals surface area contributed by atoms with Crippen LogP contribution in [0.15, 0.2) is 18.5 Å². The van der Waals surface area contributed by atoms with Gasteiger partial charge in [-0.05, 0) is 37.0 Å². The molecule has 1 heterocycles. The lowest BCUT2D eigenvalue weighted by atomic mass is 9.95. The number of aliphatic carboxylic acids is 1. The van der Waals surface area contributed by atoms with Crippen LogP contribution in [-0.4, -0.2) is 22.0 Å². The highest BCUT2D eigenvalue weighted by Gasteiger charge is 2.37. The number of aryl methyl sites for hydroxylation is 1. The van der Waals surface area contributed by atoms with Crippen molar-refractivity contribution in [3.05, 3.63) is 29.6 Å². The first-order valence-corrected chi connectivity index (χ1v) is 6.49. The zero-order valence-corrected chi connectivity index (χ0v) is 10.9. The van der Waals surface area contributed by atoms with E-state index in [0.717, 1.165) is 17.5 Å². The van der Waals surface area contributed by atoms with E-state index < -0.39 is 11.9 Å². The number of nitrogens with zero attached hydrogens (tertiary/aromatic N) is 1. The monoisotopic (exact) mass is 262 g/mol. The van der Waals surface area contributed by atoms with Crippen LogP contribution < -0.4 is 5.32 Å². The zero-order chi connectivity index (χ0) is 13.8. The van der Waals surface area contributed by atoms with Crippen LogP contribution in [-0.2, 0) is 16.1 Å². The third-order valence-electron chi connectivity index (χ3n) is 3.76. The summed E-state index contributed by atoms with van der Waals surface area (Å²) in [5.74, 6) is -1.93. The molecule has 2 atom stereocenters. The Bertz CT molecular complexity index is 487. The zero-order valence-electron chi connectivity index (χ0n) is 10.9. The summed E-state index contributed by atoms with van der Waals surface area (Å²) in [6.07, 6.45) is 5.50. The molecular formula is C14H18N2O3. The molecule has 1 amide bonds. The van der Waals surface area contributed by atoms with Crippen molar-refractivity contribution in [2.24, 2.45) is 11.8 Å². The van der Waals surface area contributed by atoms with Gasteiger partial charge in [-0.2, -0.15) is 0 Å². The van der Waals surface area contributed by atoms with Gasteiger partial charge in [-0.25, -0.2) is 0 Å². The number of carboxylic acid groups (broad SMARTS) is 1. The number of pyridine rings is 1. The van der Waals surface area contributed by atoms with E-state index in [4.69, 9.17) is 5.11 Å². The molecule has 19 heavy (non-hydrogen) atoms. The van der Waals surface area contributed by atoms with E-state index in [-0.39, 0.29) is 11.8 Å². The van der Waals surface area contributed by atoms with E-state index in [9.17, 15) is 9.59 Å². The first kappa shape index (κ1) is 13.5. The van der Waals surface area contributed by atoms with Gasteiger partial charge in [0.1, 0.15) is 0 Å². The third kappa shape index (κ3) is 3.10. The van der Waals surface area contributed by atoms with Gasteiger partial charge in [0.2, 0.25) is 5.91 Å². The lowest BCUT2D eigenvalue weighted by molar-refractivity contribution is -0.146. The summed E-state index contributed by atoms with van der Waals surface area (Å²) in [6, 6.07) is 1.86. The lowest BCUT2D eigenvalue weighted by Gasteiger charge is -2.16. The number of carbonyl (C=O) groups excluding carboxylic acids is 1. The minimum Gasteiger partial charge on any atom is -0.481 e. The fraction of sp³-hybridized carbons (Fsp3) is 0.500. The molecule has 1 aromatic rings. The molecule has 2 N–H and O–H groups in total. The van der Waals surface area contributed by atoms with Crippen LogP contribution in [0.3, 0.4) is 0 Å². The van der Waals surface area contributed by atoms with Crippen LogP contribution in [0.2, 0.25) is 0 Å². The van der Waals surface area contributed by atoms with Crippen molar-refractivity contribution in [2.45, 2.75) is 32.7 Å². The van der Waals surface area contributed by atoms with Gasteiger partial charge >= 0.3 is 5.97 Å². The Hall–Kier alpha value is -1.91. The maximum absolute atomic E-state index is 12.1. The highest BCUT2D eigenvalue weighted by molar-refractivity contribution is 5.85. The van der Waals surface area contributed by atoms with E-state index in [2.05, 4.69) is 10.3 Å². The van der Waals surface area contributed by atoms with Gasteiger partial charge in [0.15, 0.2) is 0 Å². The largest absolute Gasteiger partial charge is 0.481 e. The molecule has 0 saturated heterocycles. The van der Waals surface area contributed by atoms with Crippen molar-refractivity contribution < 1.29 is 14.7 Å². The molecule has 2 rings (SSSR count). The summed E-state index contributed by atoms with van der Waals surface area (Å²) < 4.78 is 0. The van der Waals surface area contributed by atoms with Crippen LogP contribution in [0.4, 0.5) is 0 Å². The van der Waals surface area contributed by atoms with Crippen molar-refractivity contribution in [1.82, 2.24) is 10.3 Å². The Balaban J connectivity index is 1.95. The van der Waals surface area contributed by atoms with Crippen molar-refractivity contribution in [1.29, 1.82) is 0 Å². The molecule has 102 valence electrons. The maximum atomic E-state index is 12.1. The van der Waals surface area contributed by atoms with Gasteiger partial charge in [0.05, 0.1) is 11.8 Å². The average Bonchev–Trinajstić information content (AvgIpc) is 2.87. The number of hydrogen-bond acceptors (Lipinski definition) is 3. The number of carbonyl (C=O) groups is 2. The van der Waals surface area contributed by atoms with Gasteiger partial charge < -0.3 is 10.4 Å². The molecule has 0 aliphatic heterocycles. The minimum absolute atomic E-state index is 0.152. The smallest absolute Gasteiger partial charge is 0.307 e. The molecule has 5 nitrogen and oxygen atoms in total. The van der Waals surface area contributed by atoms with Crippen molar-refractivity contribution >= 4 is 11.9 Å². The molecule has 5 heteroatoms. The highest BCUT2D eigenvalue weighted by atomic mass is 16.4. The number of rotatable bonds is 4. The molecule has 1 fully saturated rings. The number of aromatic nitrogens is 1. The number of nitrogens with one attached hydrogen (secondary N) is 1. The van der Waals surface area contributed by atoms with E-state index in [1.807, 2.05) is 13.0 Å². The fourth-order valence-electron chi connectivity index (χ4n) is 2.58. The summed E-state index contributed by atoms with van der Waals surface area (Å²) in [5, 5.41) is 11.9. The maximum Gasteiger partial charge on any atom is 0.307 e. The first-order valence-electron chi connectivity index (χ1n) is 6.49. The second-order valence-electron chi connectivity index (χ2n) is 5.00. The summed E-state index contributed by atoms with van der Waals surface area (Å²) in [4.78, 5) is 27.1. The van der Waals surface area contributed by atoms with Crippen LogP contribution in [0.25, 0.3) is 0 Å². The second kappa shape index (κ2) is 5.82. The van der Waals surface area contributed by atoms with Crippen LogP contribution in [0, 0.1) is 18.8 Å². The summed E-state index contributed by atoms with van der Waals surface area (Å²) >= 11 is 0. The summed E-state index contributed by atoms with van der Waals surface area (Å²) in [6.45, 7) is 2.36. The van der Waals surface area contributed by atoms with Crippen molar-refractivity contribution in [3.63, 3.8) is 0 Å². The topological polar surface area (TPSA) is 79.3 Å². The van der Waals surface area contributed by atoms with Gasteiger partial charge in [-0.1, -0.05) is 6.42 Å². The van der Waals surface area contributed by atoms with Crippen molar-refractivity contribution in [3.8, 4) is 0 Å². The second-order valence-corrected chi connectivity index (χ2v) is 5.00. The predicted molar refractivity (Wildman–Crippen MR) is 69.3 cm³/mol. The summed E-state index contributed by atoms with van der Waals surface area (Å²) in [7, 11) is 0. The van der Waals surface area contributed by atoms with Gasteiger partial charge in [0, 0.05) is 18.9 Å². The number of amides is 1. The van der Waals surface area contributed by atoms with E-state index in [0.29, 0.717) is 19.4 Å².